The number of hydrogen-bond donors (Lipinski definition) is 2. The number of fused-ring (bicyclic) bond motifs is 1. The number of carbonyl (C=O) groups excluding carboxylic acids is 1. The van der Waals surface area contributed by atoms with Gasteiger partial charge in [-0.05, 0) is 60.4 Å². The van der Waals surface area contributed by atoms with Crippen LogP contribution in [0.4, 0.5) is 5.69 Å². The molecule has 0 unspecified atom stereocenters. The van der Waals surface area contributed by atoms with Crippen molar-refractivity contribution in [2.75, 3.05) is 5.32 Å². The van der Waals surface area contributed by atoms with E-state index in [9.17, 15) is 9.90 Å². The van der Waals surface area contributed by atoms with E-state index in [2.05, 4.69) is 46.7 Å². The van der Waals surface area contributed by atoms with Gasteiger partial charge in [0, 0.05) is 29.3 Å². The lowest BCUT2D eigenvalue weighted by Crippen LogP contribution is -2.11. The maximum atomic E-state index is 12.1. The van der Waals surface area contributed by atoms with Crippen molar-refractivity contribution in [2.45, 2.75) is 19.3 Å². The molecule has 0 saturated heterocycles. The Hall–Kier alpha value is -3.66. The zero-order valence-corrected chi connectivity index (χ0v) is 16.0. The molecule has 0 bridgehead atoms. The average molecular weight is 382 g/mol. The molecule has 144 valence electrons. The zero-order valence-electron chi connectivity index (χ0n) is 16.0. The monoisotopic (exact) mass is 382 g/mol. The molecule has 0 spiro atoms. The van der Waals surface area contributed by atoms with Gasteiger partial charge in [-0.25, -0.2) is 0 Å². The first kappa shape index (κ1) is 18.7. The van der Waals surface area contributed by atoms with Crippen LogP contribution in [-0.4, -0.2) is 16.0 Å². The van der Waals surface area contributed by atoms with E-state index in [-0.39, 0.29) is 11.7 Å². The number of amides is 1. The minimum absolute atomic E-state index is 0.0189. The summed E-state index contributed by atoms with van der Waals surface area (Å²) in [6.45, 7) is 0. The second-order valence-corrected chi connectivity index (χ2v) is 7.06. The summed E-state index contributed by atoms with van der Waals surface area (Å²) in [6.07, 6.45) is 3.99. The van der Waals surface area contributed by atoms with Crippen LogP contribution in [0.15, 0.2) is 85.1 Å². The first-order valence-corrected chi connectivity index (χ1v) is 9.70. The molecular weight excluding hydrogens is 360 g/mol. The summed E-state index contributed by atoms with van der Waals surface area (Å²) < 4.78 is 0. The van der Waals surface area contributed by atoms with Crippen LogP contribution < -0.4 is 5.32 Å². The molecule has 0 saturated carbocycles. The van der Waals surface area contributed by atoms with Gasteiger partial charge in [0.25, 0.3) is 0 Å². The van der Waals surface area contributed by atoms with Gasteiger partial charge in [0.05, 0.1) is 5.52 Å². The van der Waals surface area contributed by atoms with Crippen molar-refractivity contribution in [3.63, 3.8) is 0 Å². The van der Waals surface area contributed by atoms with Crippen LogP contribution in [0.25, 0.3) is 22.0 Å². The Balaban J connectivity index is 1.32. The third-order valence-electron chi connectivity index (χ3n) is 4.90. The van der Waals surface area contributed by atoms with Crippen LogP contribution >= 0.6 is 0 Å². The highest BCUT2D eigenvalue weighted by molar-refractivity contribution is 5.90. The lowest BCUT2D eigenvalue weighted by atomic mass is 10.0. The molecule has 0 aliphatic rings. The zero-order chi connectivity index (χ0) is 20.1. The maximum Gasteiger partial charge on any atom is 0.224 e. The van der Waals surface area contributed by atoms with Gasteiger partial charge in [-0.1, -0.05) is 42.5 Å². The summed E-state index contributed by atoms with van der Waals surface area (Å²) in [4.78, 5) is 16.6. The van der Waals surface area contributed by atoms with Gasteiger partial charge in [-0.3, -0.25) is 9.78 Å². The number of pyridine rings is 1. The van der Waals surface area contributed by atoms with E-state index in [1.54, 1.807) is 24.3 Å². The van der Waals surface area contributed by atoms with E-state index in [0.29, 0.717) is 12.1 Å². The maximum absolute atomic E-state index is 12.1. The molecule has 0 aliphatic heterocycles. The first-order chi connectivity index (χ1) is 14.2. The van der Waals surface area contributed by atoms with E-state index >= 15 is 0 Å². The van der Waals surface area contributed by atoms with Gasteiger partial charge in [0.1, 0.15) is 5.75 Å². The number of benzene rings is 3. The molecule has 0 fully saturated rings. The van der Waals surface area contributed by atoms with Gasteiger partial charge >= 0.3 is 0 Å². The Morgan fingerprint density at radius 1 is 0.897 bits per heavy atom. The molecule has 1 heterocycles. The quantitative estimate of drug-likeness (QED) is 0.429. The van der Waals surface area contributed by atoms with Crippen LogP contribution in [0.2, 0.25) is 0 Å². The Labute approximate surface area is 169 Å². The molecule has 4 heteroatoms. The van der Waals surface area contributed by atoms with E-state index in [0.717, 1.165) is 34.9 Å². The Bertz CT molecular complexity index is 1120. The fourth-order valence-corrected chi connectivity index (χ4v) is 3.31. The molecule has 29 heavy (non-hydrogen) atoms. The smallest absolute Gasteiger partial charge is 0.224 e. The third-order valence-corrected chi connectivity index (χ3v) is 4.90. The molecule has 1 aromatic heterocycles. The molecule has 4 aromatic rings. The Morgan fingerprint density at radius 3 is 2.45 bits per heavy atom. The minimum Gasteiger partial charge on any atom is -0.508 e. The predicted molar refractivity (Wildman–Crippen MR) is 117 cm³/mol. The lowest BCUT2D eigenvalue weighted by molar-refractivity contribution is -0.116. The van der Waals surface area contributed by atoms with Crippen molar-refractivity contribution in [1.82, 2.24) is 4.98 Å². The van der Waals surface area contributed by atoms with Crippen LogP contribution in [0.5, 0.6) is 5.75 Å². The van der Waals surface area contributed by atoms with Crippen molar-refractivity contribution in [1.29, 1.82) is 0 Å². The van der Waals surface area contributed by atoms with Gasteiger partial charge in [-0.2, -0.15) is 0 Å². The molecule has 0 radical (unpaired) electrons. The summed E-state index contributed by atoms with van der Waals surface area (Å²) in [6, 6.07) is 25.2. The number of phenolic OH excluding ortho intramolecular Hbond substituents is 1. The summed E-state index contributed by atoms with van der Waals surface area (Å²) in [5.41, 5.74) is 5.14. The fraction of sp³-hybridized carbons (Fsp3) is 0.120. The Kier molecular flexibility index (Phi) is 5.52. The van der Waals surface area contributed by atoms with Crippen LogP contribution in [0.3, 0.4) is 0 Å². The number of hydrogen-bond acceptors (Lipinski definition) is 3. The molecule has 4 rings (SSSR count). The van der Waals surface area contributed by atoms with E-state index in [1.807, 2.05) is 24.4 Å². The van der Waals surface area contributed by atoms with Crippen LogP contribution in [0.1, 0.15) is 18.4 Å². The van der Waals surface area contributed by atoms with Gasteiger partial charge < -0.3 is 10.4 Å². The number of carbonyl (C=O) groups is 1. The predicted octanol–water partition coefficient (Wildman–Crippen LogP) is 5.57. The average Bonchev–Trinajstić information content (AvgIpc) is 2.75. The molecule has 3 aromatic carbocycles. The highest BCUT2D eigenvalue weighted by atomic mass is 16.3. The van der Waals surface area contributed by atoms with Crippen molar-refractivity contribution in [3.05, 3.63) is 90.6 Å². The number of aromatic nitrogens is 1. The highest BCUT2D eigenvalue weighted by Gasteiger charge is 2.04. The van der Waals surface area contributed by atoms with Gasteiger partial charge in [0.2, 0.25) is 5.91 Å². The van der Waals surface area contributed by atoms with Crippen LogP contribution in [-0.2, 0) is 11.2 Å². The lowest BCUT2D eigenvalue weighted by Gasteiger charge is -2.07. The summed E-state index contributed by atoms with van der Waals surface area (Å²) >= 11 is 0. The summed E-state index contributed by atoms with van der Waals surface area (Å²) in [5, 5.41) is 13.3. The molecule has 1 amide bonds. The molecular formula is C25H22N2O2. The number of phenols is 1. The third kappa shape index (κ3) is 4.79. The standard InChI is InChI=1S/C25H22N2O2/c28-23-14-12-22(13-15-23)27-25(29)7-3-4-18-8-10-19(11-9-18)21-16-20-5-1-2-6-24(20)26-17-21/h1-2,5-6,8-17,28H,3-4,7H2,(H,27,29). The number of anilines is 1. The Morgan fingerprint density at radius 2 is 1.66 bits per heavy atom. The molecule has 0 atom stereocenters. The van der Waals surface area contributed by atoms with E-state index in [1.165, 1.54) is 5.56 Å². The van der Waals surface area contributed by atoms with Crippen molar-refractivity contribution in [3.8, 4) is 16.9 Å². The highest BCUT2D eigenvalue weighted by Crippen LogP contribution is 2.23. The number of rotatable bonds is 6. The topological polar surface area (TPSA) is 62.2 Å². The number of aromatic hydroxyl groups is 1. The van der Waals surface area contributed by atoms with Crippen molar-refractivity contribution in [2.24, 2.45) is 0 Å². The summed E-state index contributed by atoms with van der Waals surface area (Å²) in [7, 11) is 0. The second kappa shape index (κ2) is 8.57. The SMILES string of the molecule is O=C(CCCc1ccc(-c2cnc3ccccc3c2)cc1)Nc1ccc(O)cc1. The number of nitrogens with zero attached hydrogens (tertiary/aromatic N) is 1. The molecule has 4 nitrogen and oxygen atoms in total. The van der Waals surface area contributed by atoms with E-state index in [4.69, 9.17) is 0 Å². The summed E-state index contributed by atoms with van der Waals surface area (Å²) in [5.74, 6) is 0.167. The fourth-order valence-electron chi connectivity index (χ4n) is 3.31. The van der Waals surface area contributed by atoms with E-state index < -0.39 is 0 Å². The largest absolute Gasteiger partial charge is 0.508 e. The minimum atomic E-state index is -0.0189. The molecule has 0 aliphatic carbocycles. The van der Waals surface area contributed by atoms with Crippen molar-refractivity contribution < 1.29 is 9.90 Å². The first-order valence-electron chi connectivity index (χ1n) is 9.70. The normalized spacial score (nSPS) is 10.8. The molecule has 2 N–H and O–H groups in total. The number of aryl methyl sites for hydroxylation is 1. The van der Waals surface area contributed by atoms with Crippen molar-refractivity contribution >= 4 is 22.5 Å². The number of nitrogens with one attached hydrogen (secondary N) is 1. The van der Waals surface area contributed by atoms with Gasteiger partial charge in [0.15, 0.2) is 0 Å². The van der Waals surface area contributed by atoms with Gasteiger partial charge in [-0.15, -0.1) is 0 Å². The van der Waals surface area contributed by atoms with Crippen LogP contribution in [0, 0.1) is 0 Å². The second-order valence-electron chi connectivity index (χ2n) is 7.06. The number of para-hydroxylation sites is 1.